The molecular formula is C14H12N4O5. The first-order chi connectivity index (χ1) is 10.9. The minimum absolute atomic E-state index is 0.0218. The number of fused-ring (bicyclic) bond motifs is 1. The molecule has 9 heteroatoms. The number of aromatic nitrogens is 2. The minimum Gasteiger partial charge on any atom is -0.477 e. The molecule has 3 rings (SSSR count). The van der Waals surface area contributed by atoms with E-state index < -0.39 is 23.5 Å². The Balaban J connectivity index is 1.99. The van der Waals surface area contributed by atoms with Gasteiger partial charge < -0.3 is 25.4 Å². The molecule has 0 saturated carbocycles. The average molecular weight is 316 g/mol. The number of hydrogen-bond acceptors (Lipinski definition) is 5. The largest absolute Gasteiger partial charge is 0.477 e. The third kappa shape index (κ3) is 2.42. The summed E-state index contributed by atoms with van der Waals surface area (Å²) in [5.74, 6) is -4.10. The molecular weight excluding hydrogens is 304 g/mol. The van der Waals surface area contributed by atoms with E-state index in [-0.39, 0.29) is 11.5 Å². The van der Waals surface area contributed by atoms with E-state index in [0.29, 0.717) is 6.54 Å². The molecule has 2 amide bonds. The Morgan fingerprint density at radius 3 is 2.61 bits per heavy atom. The first kappa shape index (κ1) is 14.7. The van der Waals surface area contributed by atoms with Gasteiger partial charge in [-0.05, 0) is 5.56 Å². The number of amides is 2. The van der Waals surface area contributed by atoms with Gasteiger partial charge in [-0.15, -0.1) is 0 Å². The Labute approximate surface area is 129 Å². The third-order valence-corrected chi connectivity index (χ3v) is 3.41. The van der Waals surface area contributed by atoms with Crippen molar-refractivity contribution in [2.24, 2.45) is 0 Å². The van der Waals surface area contributed by atoms with E-state index >= 15 is 0 Å². The number of nitrogens with one attached hydrogen (secondary N) is 2. The Kier molecular flexibility index (Phi) is 3.34. The quantitative estimate of drug-likeness (QED) is 0.558. The van der Waals surface area contributed by atoms with E-state index in [4.69, 9.17) is 5.11 Å². The summed E-state index contributed by atoms with van der Waals surface area (Å²) >= 11 is 0. The van der Waals surface area contributed by atoms with Crippen molar-refractivity contribution in [3.63, 3.8) is 0 Å². The van der Waals surface area contributed by atoms with Crippen LogP contribution in [0.1, 0.15) is 16.1 Å². The Morgan fingerprint density at radius 2 is 1.96 bits per heavy atom. The van der Waals surface area contributed by atoms with Crippen LogP contribution in [0.15, 0.2) is 36.7 Å². The predicted molar refractivity (Wildman–Crippen MR) is 76.5 cm³/mol. The summed E-state index contributed by atoms with van der Waals surface area (Å²) in [6.45, 7) is 0.308. The molecule has 118 valence electrons. The van der Waals surface area contributed by atoms with Crippen LogP contribution in [0.3, 0.4) is 0 Å². The van der Waals surface area contributed by atoms with Crippen molar-refractivity contribution in [1.29, 1.82) is 0 Å². The topological polar surface area (TPSA) is 134 Å². The maximum absolute atomic E-state index is 12.0. The van der Waals surface area contributed by atoms with Gasteiger partial charge in [0.15, 0.2) is 5.69 Å². The first-order valence-electron chi connectivity index (χ1n) is 6.60. The molecule has 0 saturated heterocycles. The molecule has 1 aliphatic heterocycles. The maximum atomic E-state index is 12.0. The van der Waals surface area contributed by atoms with E-state index in [0.717, 1.165) is 5.56 Å². The monoisotopic (exact) mass is 316 g/mol. The molecule has 9 nitrogen and oxygen atoms in total. The molecule has 1 atom stereocenters. The minimum atomic E-state index is -3.05. The number of aliphatic hydroxyl groups is 1. The summed E-state index contributed by atoms with van der Waals surface area (Å²) in [4.78, 5) is 39.0. The van der Waals surface area contributed by atoms with Crippen molar-refractivity contribution in [2.45, 2.75) is 12.3 Å². The number of imidazole rings is 1. The van der Waals surface area contributed by atoms with E-state index in [1.165, 1.54) is 10.9 Å². The molecule has 2 heterocycles. The summed E-state index contributed by atoms with van der Waals surface area (Å²) in [6.07, 6.45) is 1.35. The molecule has 1 unspecified atom stereocenters. The highest BCUT2D eigenvalue weighted by atomic mass is 16.4. The summed E-state index contributed by atoms with van der Waals surface area (Å²) in [6, 6.07) is 9.20. The van der Waals surface area contributed by atoms with Crippen LogP contribution in [0.25, 0.3) is 0 Å². The molecule has 0 spiro atoms. The number of nitrogens with zero attached hydrogens (tertiary/aromatic N) is 2. The predicted octanol–water partition coefficient (Wildman–Crippen LogP) is -0.614. The highest BCUT2D eigenvalue weighted by Gasteiger charge is 2.49. The molecule has 0 radical (unpaired) electrons. The summed E-state index contributed by atoms with van der Waals surface area (Å²) < 4.78 is 1.48. The normalized spacial score (nSPS) is 20.2. The summed E-state index contributed by atoms with van der Waals surface area (Å²) in [7, 11) is 0. The van der Waals surface area contributed by atoms with Gasteiger partial charge in [-0.2, -0.15) is 0 Å². The van der Waals surface area contributed by atoms with Gasteiger partial charge in [-0.3, -0.25) is 9.59 Å². The molecule has 0 aliphatic carbocycles. The van der Waals surface area contributed by atoms with E-state index in [1.807, 2.05) is 30.3 Å². The van der Waals surface area contributed by atoms with Gasteiger partial charge in [0.05, 0.1) is 12.9 Å². The zero-order valence-electron chi connectivity index (χ0n) is 11.7. The van der Waals surface area contributed by atoms with Gasteiger partial charge in [0, 0.05) is 0 Å². The lowest BCUT2D eigenvalue weighted by atomic mass is 10.2. The Bertz CT molecular complexity index is 801. The fraction of sp³-hybridized carbons (Fsp3) is 0.143. The van der Waals surface area contributed by atoms with Crippen molar-refractivity contribution >= 4 is 23.6 Å². The standard InChI is InChI=1S/C14H12N4O5/c19-11-9-10(16-12(20)14(23,17-11)13(21)22)18(7-15-9)6-8-4-2-1-3-5-8/h1-5,7,23H,6H2,(H,16,20)(H,17,19)(H,21,22). The van der Waals surface area contributed by atoms with E-state index in [2.05, 4.69) is 10.3 Å². The maximum Gasteiger partial charge on any atom is 0.367 e. The number of carboxylic acid groups (broad SMARTS) is 1. The van der Waals surface area contributed by atoms with Crippen LogP contribution in [0.2, 0.25) is 0 Å². The molecule has 0 fully saturated rings. The second-order valence-corrected chi connectivity index (χ2v) is 4.98. The number of carboxylic acids is 1. The van der Waals surface area contributed by atoms with Crippen molar-refractivity contribution in [1.82, 2.24) is 14.9 Å². The third-order valence-electron chi connectivity index (χ3n) is 3.41. The van der Waals surface area contributed by atoms with Gasteiger partial charge in [0.2, 0.25) is 0 Å². The van der Waals surface area contributed by atoms with Crippen molar-refractivity contribution in [2.75, 3.05) is 5.32 Å². The van der Waals surface area contributed by atoms with Gasteiger partial charge in [0.25, 0.3) is 11.8 Å². The van der Waals surface area contributed by atoms with E-state index in [9.17, 15) is 19.5 Å². The SMILES string of the molecule is O=C1NC(O)(C(=O)O)C(=O)Nc2c1ncn2Cc1ccccc1. The summed E-state index contributed by atoms with van der Waals surface area (Å²) in [5.41, 5.74) is -2.33. The fourth-order valence-electron chi connectivity index (χ4n) is 2.21. The zero-order valence-corrected chi connectivity index (χ0v) is 11.7. The van der Waals surface area contributed by atoms with Crippen LogP contribution in [0, 0.1) is 0 Å². The van der Waals surface area contributed by atoms with Crippen LogP contribution < -0.4 is 10.6 Å². The first-order valence-corrected chi connectivity index (χ1v) is 6.60. The molecule has 1 aliphatic rings. The number of carbonyl (C=O) groups is 3. The lowest BCUT2D eigenvalue weighted by molar-refractivity contribution is -0.166. The smallest absolute Gasteiger partial charge is 0.367 e. The zero-order chi connectivity index (χ0) is 16.6. The van der Waals surface area contributed by atoms with Crippen molar-refractivity contribution in [3.8, 4) is 0 Å². The van der Waals surface area contributed by atoms with Crippen LogP contribution in [-0.4, -0.2) is 43.3 Å². The number of benzene rings is 1. The molecule has 23 heavy (non-hydrogen) atoms. The number of anilines is 1. The summed E-state index contributed by atoms with van der Waals surface area (Å²) in [5, 5.41) is 22.8. The van der Waals surface area contributed by atoms with Crippen LogP contribution >= 0.6 is 0 Å². The second-order valence-electron chi connectivity index (χ2n) is 4.98. The average Bonchev–Trinajstić information content (AvgIpc) is 2.86. The Hall–Kier alpha value is -3.20. The molecule has 1 aromatic heterocycles. The highest BCUT2D eigenvalue weighted by molar-refractivity contribution is 6.17. The van der Waals surface area contributed by atoms with E-state index in [1.54, 1.807) is 5.32 Å². The number of carbonyl (C=O) groups excluding carboxylic acids is 2. The van der Waals surface area contributed by atoms with Crippen molar-refractivity contribution < 1.29 is 24.6 Å². The number of hydrogen-bond donors (Lipinski definition) is 4. The molecule has 1 aromatic carbocycles. The molecule has 0 bridgehead atoms. The Morgan fingerprint density at radius 1 is 1.26 bits per heavy atom. The number of aliphatic carboxylic acids is 1. The lowest BCUT2D eigenvalue weighted by Gasteiger charge is -2.20. The van der Waals surface area contributed by atoms with Gasteiger partial charge in [-0.25, -0.2) is 9.78 Å². The molecule has 2 aromatic rings. The van der Waals surface area contributed by atoms with Crippen LogP contribution in [0.5, 0.6) is 0 Å². The van der Waals surface area contributed by atoms with Crippen LogP contribution in [-0.2, 0) is 16.1 Å². The van der Waals surface area contributed by atoms with Gasteiger partial charge in [-0.1, -0.05) is 30.3 Å². The number of rotatable bonds is 3. The van der Waals surface area contributed by atoms with Crippen LogP contribution in [0.4, 0.5) is 5.82 Å². The molecule has 4 N–H and O–H groups in total. The van der Waals surface area contributed by atoms with Gasteiger partial charge >= 0.3 is 11.7 Å². The fourth-order valence-corrected chi connectivity index (χ4v) is 2.21. The van der Waals surface area contributed by atoms with Crippen molar-refractivity contribution in [3.05, 3.63) is 47.9 Å². The lowest BCUT2D eigenvalue weighted by Crippen LogP contribution is -2.61. The highest BCUT2D eigenvalue weighted by Crippen LogP contribution is 2.22. The van der Waals surface area contributed by atoms with Gasteiger partial charge in [0.1, 0.15) is 5.82 Å². The second kappa shape index (κ2) is 5.21.